The minimum absolute atomic E-state index is 0.321. The molecule has 1 heterocycles. The fourth-order valence-corrected chi connectivity index (χ4v) is 3.02. The van der Waals surface area contributed by atoms with E-state index in [-0.39, 0.29) is 5.91 Å². The average molecular weight is 407 g/mol. The molecule has 0 spiro atoms. The number of hydrogen-bond donors (Lipinski definition) is 1. The van der Waals surface area contributed by atoms with Gasteiger partial charge in [-0.3, -0.25) is 4.79 Å². The van der Waals surface area contributed by atoms with E-state index in [1.807, 2.05) is 48.5 Å². The lowest BCUT2D eigenvalue weighted by atomic mass is 10.1. The van der Waals surface area contributed by atoms with Gasteiger partial charge in [0.05, 0.1) is 16.4 Å². The maximum absolute atomic E-state index is 12.8. The van der Waals surface area contributed by atoms with E-state index in [0.717, 1.165) is 5.69 Å². The number of hydrogen-bond acceptors (Lipinski definition) is 4. The van der Waals surface area contributed by atoms with Gasteiger partial charge in [0.25, 0.3) is 5.91 Å². The van der Waals surface area contributed by atoms with Crippen LogP contribution in [0.2, 0.25) is 5.02 Å². The second kappa shape index (κ2) is 7.56. The van der Waals surface area contributed by atoms with Crippen molar-refractivity contribution in [2.24, 2.45) is 0 Å². The Hall–Kier alpha value is -3.38. The van der Waals surface area contributed by atoms with Crippen LogP contribution < -0.4 is 10.1 Å². The van der Waals surface area contributed by atoms with Crippen molar-refractivity contribution in [3.05, 3.63) is 77.8 Å². The zero-order chi connectivity index (χ0) is 20.4. The highest BCUT2D eigenvalue weighted by molar-refractivity contribution is 6.34. The van der Waals surface area contributed by atoms with Crippen molar-refractivity contribution in [3.63, 3.8) is 0 Å². The summed E-state index contributed by atoms with van der Waals surface area (Å²) in [5, 5.41) is 12.2. The number of para-hydroxylation sites is 2. The van der Waals surface area contributed by atoms with Crippen LogP contribution in [-0.2, 0) is 4.79 Å². The normalized spacial score (nSPS) is 11.4. The molecule has 0 atom stereocenters. The quantitative estimate of drug-likeness (QED) is 0.513. The van der Waals surface area contributed by atoms with Crippen LogP contribution in [0.3, 0.4) is 0 Å². The smallest absolute Gasteiger partial charge is 0.268 e. The number of fused-ring (bicyclic) bond motifs is 1. The Labute approximate surface area is 173 Å². The minimum Gasteiger partial charge on any atom is -0.478 e. The molecule has 7 heteroatoms. The average Bonchev–Trinajstić information content (AvgIpc) is 3.12. The molecular formula is C22H19ClN4O2. The molecule has 0 aliphatic rings. The third kappa shape index (κ3) is 4.07. The molecule has 0 fully saturated rings. The van der Waals surface area contributed by atoms with Gasteiger partial charge in [0.2, 0.25) is 0 Å². The van der Waals surface area contributed by atoms with E-state index >= 15 is 0 Å². The number of nitrogens with zero attached hydrogens (tertiary/aromatic N) is 3. The van der Waals surface area contributed by atoms with Crippen molar-refractivity contribution < 1.29 is 9.53 Å². The molecule has 0 aliphatic heterocycles. The Balaban J connectivity index is 1.58. The van der Waals surface area contributed by atoms with Gasteiger partial charge in [0.1, 0.15) is 16.8 Å². The summed E-state index contributed by atoms with van der Waals surface area (Å²) in [6.45, 7) is 3.40. The summed E-state index contributed by atoms with van der Waals surface area (Å²) in [5.41, 5.74) is 1.45. The topological polar surface area (TPSA) is 69.0 Å². The van der Waals surface area contributed by atoms with Crippen LogP contribution in [0, 0.1) is 0 Å². The highest BCUT2D eigenvalue weighted by atomic mass is 35.5. The maximum atomic E-state index is 12.8. The van der Waals surface area contributed by atoms with Gasteiger partial charge < -0.3 is 10.1 Å². The summed E-state index contributed by atoms with van der Waals surface area (Å²) in [6.07, 6.45) is 0. The molecule has 3 aromatic carbocycles. The van der Waals surface area contributed by atoms with Gasteiger partial charge >= 0.3 is 0 Å². The van der Waals surface area contributed by atoms with E-state index in [1.54, 1.807) is 38.1 Å². The number of rotatable bonds is 5. The number of aromatic nitrogens is 3. The zero-order valence-electron chi connectivity index (χ0n) is 16.0. The molecule has 0 bridgehead atoms. The monoisotopic (exact) mass is 406 g/mol. The summed E-state index contributed by atoms with van der Waals surface area (Å²) >= 11 is 6.38. The van der Waals surface area contributed by atoms with Gasteiger partial charge in [-0.25, -0.2) is 0 Å². The lowest BCUT2D eigenvalue weighted by molar-refractivity contribution is -0.128. The van der Waals surface area contributed by atoms with Gasteiger partial charge in [-0.1, -0.05) is 48.0 Å². The fraction of sp³-hybridized carbons (Fsp3) is 0.136. The summed E-state index contributed by atoms with van der Waals surface area (Å²) in [6, 6.07) is 22.2. The molecule has 1 aromatic heterocycles. The van der Waals surface area contributed by atoms with E-state index in [2.05, 4.69) is 15.5 Å². The van der Waals surface area contributed by atoms with Crippen LogP contribution in [0.4, 0.5) is 5.69 Å². The number of carbonyl (C=O) groups excluding carboxylic acids is 1. The zero-order valence-corrected chi connectivity index (χ0v) is 16.7. The Kier molecular flexibility index (Phi) is 4.94. The predicted octanol–water partition coefficient (Wildman–Crippen LogP) is 4.87. The molecule has 0 aliphatic carbocycles. The third-order valence-corrected chi connectivity index (χ3v) is 4.68. The number of anilines is 1. The lowest BCUT2D eigenvalue weighted by Gasteiger charge is -2.25. The van der Waals surface area contributed by atoms with Crippen molar-refractivity contribution >= 4 is 34.2 Å². The van der Waals surface area contributed by atoms with Crippen LogP contribution in [0.5, 0.6) is 5.75 Å². The van der Waals surface area contributed by atoms with Gasteiger partial charge in [-0.2, -0.15) is 4.80 Å². The van der Waals surface area contributed by atoms with E-state index in [9.17, 15) is 4.79 Å². The summed E-state index contributed by atoms with van der Waals surface area (Å²) in [4.78, 5) is 14.4. The molecule has 0 radical (unpaired) electrons. The molecule has 0 saturated heterocycles. The van der Waals surface area contributed by atoms with Crippen LogP contribution in [-0.4, -0.2) is 26.5 Å². The Bertz CT molecular complexity index is 1160. The lowest BCUT2D eigenvalue weighted by Crippen LogP contribution is -2.42. The highest BCUT2D eigenvalue weighted by Crippen LogP contribution is 2.28. The van der Waals surface area contributed by atoms with Gasteiger partial charge in [0.15, 0.2) is 5.60 Å². The Morgan fingerprint density at radius 3 is 2.21 bits per heavy atom. The largest absolute Gasteiger partial charge is 0.478 e. The fourth-order valence-electron chi connectivity index (χ4n) is 2.81. The molecule has 1 N–H and O–H groups in total. The number of ether oxygens (including phenoxy) is 1. The second-order valence-corrected chi connectivity index (χ2v) is 7.43. The van der Waals surface area contributed by atoms with Crippen LogP contribution >= 0.6 is 11.6 Å². The molecule has 146 valence electrons. The number of nitrogens with one attached hydrogen (secondary N) is 1. The highest BCUT2D eigenvalue weighted by Gasteiger charge is 2.30. The first-order chi connectivity index (χ1) is 13.9. The first-order valence-corrected chi connectivity index (χ1v) is 9.48. The Morgan fingerprint density at radius 1 is 0.966 bits per heavy atom. The molecule has 4 rings (SSSR count). The van der Waals surface area contributed by atoms with Crippen molar-refractivity contribution in [2.45, 2.75) is 19.4 Å². The van der Waals surface area contributed by atoms with Crippen molar-refractivity contribution in [2.75, 3.05) is 5.32 Å². The van der Waals surface area contributed by atoms with E-state index < -0.39 is 5.60 Å². The molecule has 4 aromatic rings. The molecule has 0 unspecified atom stereocenters. The van der Waals surface area contributed by atoms with Crippen molar-refractivity contribution in [3.8, 4) is 11.4 Å². The third-order valence-electron chi connectivity index (χ3n) is 4.37. The van der Waals surface area contributed by atoms with E-state index in [1.165, 1.54) is 4.80 Å². The van der Waals surface area contributed by atoms with E-state index in [4.69, 9.17) is 16.3 Å². The van der Waals surface area contributed by atoms with Crippen LogP contribution in [0.15, 0.2) is 72.8 Å². The van der Waals surface area contributed by atoms with Crippen LogP contribution in [0.1, 0.15) is 13.8 Å². The SMILES string of the molecule is CC(C)(Oc1ccccc1)C(=O)Nc1cc2nn(-c3ccccc3)nc2cc1Cl. The van der Waals surface area contributed by atoms with Gasteiger partial charge in [-0.05, 0) is 50.2 Å². The molecular weight excluding hydrogens is 388 g/mol. The van der Waals surface area contributed by atoms with E-state index in [0.29, 0.717) is 27.5 Å². The Morgan fingerprint density at radius 2 is 1.55 bits per heavy atom. The molecule has 29 heavy (non-hydrogen) atoms. The summed E-state index contributed by atoms with van der Waals surface area (Å²) in [7, 11) is 0. The number of amides is 1. The van der Waals surface area contributed by atoms with Crippen molar-refractivity contribution in [1.29, 1.82) is 0 Å². The first kappa shape index (κ1) is 19.0. The maximum Gasteiger partial charge on any atom is 0.268 e. The number of benzene rings is 3. The molecule has 1 amide bonds. The number of carbonyl (C=O) groups is 1. The first-order valence-electron chi connectivity index (χ1n) is 9.10. The summed E-state index contributed by atoms with van der Waals surface area (Å²) in [5.74, 6) is 0.290. The molecule has 0 saturated carbocycles. The van der Waals surface area contributed by atoms with Crippen molar-refractivity contribution in [1.82, 2.24) is 15.0 Å². The number of halogens is 1. The van der Waals surface area contributed by atoms with Gasteiger partial charge in [-0.15, -0.1) is 10.2 Å². The minimum atomic E-state index is -1.10. The second-order valence-electron chi connectivity index (χ2n) is 7.03. The predicted molar refractivity (Wildman–Crippen MR) is 114 cm³/mol. The van der Waals surface area contributed by atoms with Gasteiger partial charge in [0, 0.05) is 0 Å². The molecule has 6 nitrogen and oxygen atoms in total. The summed E-state index contributed by atoms with van der Waals surface area (Å²) < 4.78 is 5.84. The van der Waals surface area contributed by atoms with Crippen LogP contribution in [0.25, 0.3) is 16.7 Å². The standard InChI is InChI=1S/C22H19ClN4O2/c1-22(2,29-16-11-7-4-8-12-16)21(28)24-18-14-20-19(13-17(18)23)25-27(26-20)15-9-5-3-6-10-15/h3-14H,1-2H3,(H,24,28).